The van der Waals surface area contributed by atoms with E-state index >= 15 is 0 Å². The summed E-state index contributed by atoms with van der Waals surface area (Å²) in [5.74, 6) is 0.487. The first-order chi connectivity index (χ1) is 7.88. The molecule has 1 amide bonds. The third-order valence-corrected chi connectivity index (χ3v) is 2.51. The Morgan fingerprint density at radius 1 is 1.35 bits per heavy atom. The summed E-state index contributed by atoms with van der Waals surface area (Å²) in [7, 11) is 0. The van der Waals surface area contributed by atoms with E-state index in [9.17, 15) is 4.79 Å². The van der Waals surface area contributed by atoms with Crippen LogP contribution in [0.15, 0.2) is 6.07 Å². The van der Waals surface area contributed by atoms with E-state index in [4.69, 9.17) is 5.73 Å². The molecule has 94 valence electrons. The molecule has 0 fully saturated rings. The Kier molecular flexibility index (Phi) is 4.57. The van der Waals surface area contributed by atoms with Crippen molar-refractivity contribution in [2.24, 2.45) is 11.7 Å². The maximum Gasteiger partial charge on any atom is 0.229 e. The third kappa shape index (κ3) is 4.48. The van der Waals surface area contributed by atoms with Gasteiger partial charge in [0.1, 0.15) is 0 Å². The Balaban J connectivity index is 2.62. The van der Waals surface area contributed by atoms with Crippen molar-refractivity contribution in [1.82, 2.24) is 9.97 Å². The molecule has 0 aliphatic heterocycles. The second-order valence-corrected chi connectivity index (χ2v) is 4.63. The Morgan fingerprint density at radius 2 is 1.88 bits per heavy atom. The molecule has 1 heterocycles. The van der Waals surface area contributed by atoms with Gasteiger partial charge >= 0.3 is 0 Å². The minimum atomic E-state index is -0.142. The number of nitrogens with zero attached hydrogens (tertiary/aromatic N) is 2. The van der Waals surface area contributed by atoms with E-state index in [0.29, 0.717) is 5.95 Å². The predicted molar refractivity (Wildman–Crippen MR) is 67.6 cm³/mol. The molecule has 0 saturated heterocycles. The first-order valence-corrected chi connectivity index (χ1v) is 5.76. The van der Waals surface area contributed by atoms with Crippen LogP contribution in [-0.2, 0) is 4.79 Å². The van der Waals surface area contributed by atoms with Gasteiger partial charge in [-0.15, -0.1) is 0 Å². The lowest BCUT2D eigenvalue weighted by Crippen LogP contribution is -2.31. The van der Waals surface area contributed by atoms with Crippen LogP contribution in [0.2, 0.25) is 0 Å². The van der Waals surface area contributed by atoms with Crippen LogP contribution in [0, 0.1) is 19.8 Å². The predicted octanol–water partition coefficient (Wildman–Crippen LogP) is 1.41. The summed E-state index contributed by atoms with van der Waals surface area (Å²) in [4.78, 5) is 20.0. The van der Waals surface area contributed by atoms with E-state index in [1.165, 1.54) is 0 Å². The lowest BCUT2D eigenvalue weighted by Gasteiger charge is -2.14. The minimum absolute atomic E-state index is 0.138. The summed E-state index contributed by atoms with van der Waals surface area (Å²) in [6.45, 7) is 7.71. The molecule has 1 aromatic heterocycles. The van der Waals surface area contributed by atoms with E-state index in [1.54, 1.807) is 0 Å². The van der Waals surface area contributed by atoms with Gasteiger partial charge in [0.05, 0.1) is 0 Å². The van der Waals surface area contributed by atoms with Crippen LogP contribution >= 0.6 is 0 Å². The average Bonchev–Trinajstić information content (AvgIpc) is 2.14. The quantitative estimate of drug-likeness (QED) is 0.828. The van der Waals surface area contributed by atoms with Gasteiger partial charge in [0.25, 0.3) is 0 Å². The van der Waals surface area contributed by atoms with Crippen molar-refractivity contribution in [2.75, 3.05) is 5.32 Å². The molecule has 5 nitrogen and oxygen atoms in total. The fourth-order valence-corrected chi connectivity index (χ4v) is 1.41. The number of amides is 1. The highest BCUT2D eigenvalue weighted by Gasteiger charge is 2.14. The molecule has 0 saturated carbocycles. The van der Waals surface area contributed by atoms with Gasteiger partial charge in [0, 0.05) is 23.9 Å². The molecule has 1 aromatic rings. The number of nitrogens with two attached hydrogens (primary N) is 1. The standard InChI is InChI=1S/C12H20N4O/c1-7(2)10(13)6-11(17)16-12-14-8(3)5-9(4)15-12/h5,7,10H,6,13H2,1-4H3,(H,14,15,16,17). The lowest BCUT2D eigenvalue weighted by molar-refractivity contribution is -0.116. The minimum Gasteiger partial charge on any atom is -0.327 e. The highest BCUT2D eigenvalue weighted by Crippen LogP contribution is 2.07. The Bertz CT molecular complexity index is 383. The van der Waals surface area contributed by atoms with E-state index in [2.05, 4.69) is 15.3 Å². The molecule has 5 heteroatoms. The van der Waals surface area contributed by atoms with Crippen molar-refractivity contribution >= 4 is 11.9 Å². The number of anilines is 1. The maximum absolute atomic E-state index is 11.7. The van der Waals surface area contributed by atoms with Gasteiger partial charge in [0.15, 0.2) is 0 Å². The molecule has 0 aliphatic rings. The van der Waals surface area contributed by atoms with Crippen LogP contribution in [0.5, 0.6) is 0 Å². The number of hydrogen-bond donors (Lipinski definition) is 2. The topological polar surface area (TPSA) is 80.9 Å². The molecule has 3 N–H and O–H groups in total. The first-order valence-electron chi connectivity index (χ1n) is 5.76. The number of carbonyl (C=O) groups is 1. The summed E-state index contributed by atoms with van der Waals surface area (Å²) in [5, 5.41) is 2.67. The SMILES string of the molecule is Cc1cc(C)nc(NC(=O)CC(N)C(C)C)n1. The Morgan fingerprint density at radius 3 is 2.35 bits per heavy atom. The fraction of sp³-hybridized carbons (Fsp3) is 0.583. The number of aromatic nitrogens is 2. The van der Waals surface area contributed by atoms with E-state index in [-0.39, 0.29) is 24.3 Å². The summed E-state index contributed by atoms with van der Waals surface area (Å²) in [6, 6.07) is 1.72. The lowest BCUT2D eigenvalue weighted by atomic mass is 10.0. The summed E-state index contributed by atoms with van der Waals surface area (Å²) >= 11 is 0. The van der Waals surface area contributed by atoms with Crippen molar-refractivity contribution in [3.63, 3.8) is 0 Å². The smallest absolute Gasteiger partial charge is 0.229 e. The average molecular weight is 236 g/mol. The van der Waals surface area contributed by atoms with Crippen LogP contribution in [0.3, 0.4) is 0 Å². The number of hydrogen-bond acceptors (Lipinski definition) is 4. The zero-order chi connectivity index (χ0) is 13.0. The summed E-state index contributed by atoms with van der Waals surface area (Å²) < 4.78 is 0. The number of nitrogens with one attached hydrogen (secondary N) is 1. The summed E-state index contributed by atoms with van der Waals surface area (Å²) in [5.41, 5.74) is 7.50. The number of rotatable bonds is 4. The number of carbonyl (C=O) groups excluding carboxylic acids is 1. The largest absolute Gasteiger partial charge is 0.327 e. The second kappa shape index (κ2) is 5.72. The third-order valence-electron chi connectivity index (χ3n) is 2.51. The molecule has 0 aromatic carbocycles. The fourth-order valence-electron chi connectivity index (χ4n) is 1.41. The molecule has 17 heavy (non-hydrogen) atoms. The number of aryl methyl sites for hydroxylation is 2. The molecule has 0 spiro atoms. The molecule has 0 bridgehead atoms. The summed E-state index contributed by atoms with van der Waals surface area (Å²) in [6.07, 6.45) is 0.286. The molecule has 0 radical (unpaired) electrons. The van der Waals surface area contributed by atoms with E-state index < -0.39 is 0 Å². The van der Waals surface area contributed by atoms with Gasteiger partial charge in [-0.3, -0.25) is 10.1 Å². The van der Waals surface area contributed by atoms with Crippen molar-refractivity contribution < 1.29 is 4.79 Å². The van der Waals surface area contributed by atoms with Crippen molar-refractivity contribution in [2.45, 2.75) is 40.2 Å². The molecular formula is C12H20N4O. The van der Waals surface area contributed by atoms with Crippen LogP contribution < -0.4 is 11.1 Å². The van der Waals surface area contributed by atoms with Crippen LogP contribution in [0.25, 0.3) is 0 Å². The van der Waals surface area contributed by atoms with Crippen LogP contribution in [0.4, 0.5) is 5.95 Å². The highest BCUT2D eigenvalue weighted by molar-refractivity contribution is 5.89. The molecular weight excluding hydrogens is 216 g/mol. The van der Waals surface area contributed by atoms with Gasteiger partial charge in [-0.05, 0) is 25.8 Å². The van der Waals surface area contributed by atoms with E-state index in [1.807, 2.05) is 33.8 Å². The van der Waals surface area contributed by atoms with Crippen molar-refractivity contribution in [3.8, 4) is 0 Å². The monoisotopic (exact) mass is 236 g/mol. The molecule has 1 atom stereocenters. The Labute approximate surface area is 102 Å². The van der Waals surface area contributed by atoms with Gasteiger partial charge in [-0.2, -0.15) is 0 Å². The van der Waals surface area contributed by atoms with Gasteiger partial charge in [-0.1, -0.05) is 13.8 Å². The zero-order valence-corrected chi connectivity index (χ0v) is 10.8. The van der Waals surface area contributed by atoms with E-state index in [0.717, 1.165) is 11.4 Å². The normalized spacial score (nSPS) is 12.6. The molecule has 1 unspecified atom stereocenters. The van der Waals surface area contributed by atoms with Crippen molar-refractivity contribution in [1.29, 1.82) is 0 Å². The van der Waals surface area contributed by atoms with Gasteiger partial charge in [0.2, 0.25) is 11.9 Å². The molecule has 0 aliphatic carbocycles. The highest BCUT2D eigenvalue weighted by atomic mass is 16.1. The molecule has 1 rings (SSSR count). The maximum atomic E-state index is 11.7. The van der Waals surface area contributed by atoms with Crippen LogP contribution in [0.1, 0.15) is 31.7 Å². The second-order valence-electron chi connectivity index (χ2n) is 4.63. The zero-order valence-electron chi connectivity index (χ0n) is 10.8. The Hall–Kier alpha value is -1.49. The van der Waals surface area contributed by atoms with Gasteiger partial charge in [-0.25, -0.2) is 9.97 Å². The van der Waals surface area contributed by atoms with Crippen LogP contribution in [-0.4, -0.2) is 21.9 Å². The first kappa shape index (κ1) is 13.6. The van der Waals surface area contributed by atoms with Crippen molar-refractivity contribution in [3.05, 3.63) is 17.5 Å². The van der Waals surface area contributed by atoms with Gasteiger partial charge < -0.3 is 5.73 Å².